The number of hydrogen-bond donors (Lipinski definition) is 1. The molecule has 0 radical (unpaired) electrons. The Morgan fingerprint density at radius 2 is 1.96 bits per heavy atom. The Morgan fingerprint density at radius 3 is 2.62 bits per heavy atom. The van der Waals surface area contributed by atoms with Gasteiger partial charge in [-0.25, -0.2) is 4.99 Å². The summed E-state index contributed by atoms with van der Waals surface area (Å²) < 4.78 is 0. The third-order valence-electron chi connectivity index (χ3n) is 4.91. The molecule has 1 aromatic carbocycles. The molecule has 0 unspecified atom stereocenters. The van der Waals surface area contributed by atoms with Crippen LogP contribution >= 0.6 is 22.9 Å². The number of nitrogens with zero attached hydrogens (tertiary/aromatic N) is 1. The van der Waals surface area contributed by atoms with Gasteiger partial charge < -0.3 is 5.32 Å². The van der Waals surface area contributed by atoms with Crippen LogP contribution in [-0.4, -0.2) is 18.2 Å². The van der Waals surface area contributed by atoms with Crippen molar-refractivity contribution in [1.29, 1.82) is 0 Å². The minimum atomic E-state index is 0.0290. The zero-order chi connectivity index (χ0) is 18.5. The summed E-state index contributed by atoms with van der Waals surface area (Å²) in [6.45, 7) is 4.17. The number of aliphatic imine (C=N–C) groups is 1. The lowest BCUT2D eigenvalue weighted by Gasteiger charge is -2.23. The van der Waals surface area contributed by atoms with Crippen LogP contribution in [0.2, 0.25) is 5.02 Å². The number of hydrogen-bond acceptors (Lipinski definition) is 3. The number of rotatable bonds is 5. The van der Waals surface area contributed by atoms with Crippen molar-refractivity contribution < 1.29 is 4.79 Å². The molecular formula is C21H25ClN2OS. The Hall–Kier alpha value is -1.65. The van der Waals surface area contributed by atoms with Gasteiger partial charge in [0, 0.05) is 22.2 Å². The number of carbonyl (C=O) groups is 1. The summed E-state index contributed by atoms with van der Waals surface area (Å²) in [6, 6.07) is 7.84. The third-order valence-corrected chi connectivity index (χ3v) is 6.22. The molecule has 3 nitrogen and oxygen atoms in total. The van der Waals surface area contributed by atoms with Crippen molar-refractivity contribution >= 4 is 40.1 Å². The maximum atomic E-state index is 13.0. The van der Waals surface area contributed by atoms with Gasteiger partial charge in [-0.05, 0) is 49.4 Å². The van der Waals surface area contributed by atoms with Crippen LogP contribution in [0.15, 0.2) is 29.3 Å². The largest absolute Gasteiger partial charge is 0.349 e. The van der Waals surface area contributed by atoms with Gasteiger partial charge in [-0.3, -0.25) is 4.79 Å². The van der Waals surface area contributed by atoms with Crippen LogP contribution < -0.4 is 5.32 Å². The highest BCUT2D eigenvalue weighted by Crippen LogP contribution is 2.36. The Balaban J connectivity index is 1.85. The maximum Gasteiger partial charge on any atom is 0.254 e. The standard InChI is InChI=1S/C21H25ClN2OS/c1-3-18-14(2)26-21(23-13-15-9-11-16(22)12-10-15)19(18)20(25)24-17-7-5-4-6-8-17/h9-13,17H,3-8H2,1-2H3,(H,24,25). The summed E-state index contributed by atoms with van der Waals surface area (Å²) in [6.07, 6.45) is 8.50. The van der Waals surface area contributed by atoms with Crippen molar-refractivity contribution in [3.05, 3.63) is 50.9 Å². The number of thiophene rings is 1. The van der Waals surface area contributed by atoms with E-state index in [4.69, 9.17) is 11.6 Å². The molecule has 0 bridgehead atoms. The molecule has 0 atom stereocenters. The van der Waals surface area contributed by atoms with Gasteiger partial charge in [0.05, 0.1) is 5.56 Å². The second-order valence-electron chi connectivity index (χ2n) is 6.79. The highest BCUT2D eigenvalue weighted by Gasteiger charge is 2.23. The second kappa shape index (κ2) is 8.83. The molecule has 0 spiro atoms. The summed E-state index contributed by atoms with van der Waals surface area (Å²) in [4.78, 5) is 18.8. The van der Waals surface area contributed by atoms with E-state index >= 15 is 0 Å². The summed E-state index contributed by atoms with van der Waals surface area (Å²) in [7, 11) is 0. The van der Waals surface area contributed by atoms with Gasteiger partial charge in [-0.15, -0.1) is 11.3 Å². The molecule has 0 aliphatic heterocycles. The summed E-state index contributed by atoms with van der Waals surface area (Å²) in [5.74, 6) is 0.0290. The van der Waals surface area contributed by atoms with Gasteiger partial charge in [0.15, 0.2) is 0 Å². The molecule has 3 rings (SSSR count). The molecule has 26 heavy (non-hydrogen) atoms. The van der Waals surface area contributed by atoms with E-state index in [0.29, 0.717) is 11.1 Å². The zero-order valence-corrected chi connectivity index (χ0v) is 16.9. The molecule has 1 aliphatic rings. The van der Waals surface area contributed by atoms with Crippen molar-refractivity contribution in [1.82, 2.24) is 5.32 Å². The molecule has 2 aromatic rings. The molecule has 1 aliphatic carbocycles. The van der Waals surface area contributed by atoms with Crippen LogP contribution in [0.3, 0.4) is 0 Å². The van der Waals surface area contributed by atoms with Gasteiger partial charge in [0.2, 0.25) is 0 Å². The minimum Gasteiger partial charge on any atom is -0.349 e. The van der Waals surface area contributed by atoms with Crippen LogP contribution in [0.1, 0.15) is 65.4 Å². The predicted octanol–water partition coefficient (Wildman–Crippen LogP) is 6.09. The molecule has 1 saturated carbocycles. The van der Waals surface area contributed by atoms with Crippen LogP contribution in [0, 0.1) is 6.92 Å². The lowest BCUT2D eigenvalue weighted by atomic mass is 9.95. The van der Waals surface area contributed by atoms with Gasteiger partial charge in [0.25, 0.3) is 5.91 Å². The molecule has 1 aromatic heterocycles. The van der Waals surface area contributed by atoms with E-state index in [-0.39, 0.29) is 5.91 Å². The minimum absolute atomic E-state index is 0.0290. The van der Waals surface area contributed by atoms with Crippen LogP contribution in [-0.2, 0) is 6.42 Å². The van der Waals surface area contributed by atoms with E-state index in [1.54, 1.807) is 17.6 Å². The Kier molecular flexibility index (Phi) is 6.49. The number of aryl methyl sites for hydroxylation is 1. The van der Waals surface area contributed by atoms with Crippen molar-refractivity contribution in [2.75, 3.05) is 0 Å². The number of carbonyl (C=O) groups excluding carboxylic acids is 1. The zero-order valence-electron chi connectivity index (χ0n) is 15.3. The normalized spacial score (nSPS) is 15.5. The first-order chi connectivity index (χ1) is 12.6. The van der Waals surface area contributed by atoms with Crippen molar-refractivity contribution in [3.8, 4) is 0 Å². The van der Waals surface area contributed by atoms with Crippen molar-refractivity contribution in [3.63, 3.8) is 0 Å². The first-order valence-corrected chi connectivity index (χ1v) is 10.5. The van der Waals surface area contributed by atoms with Gasteiger partial charge in [-0.1, -0.05) is 49.9 Å². The molecule has 138 valence electrons. The first-order valence-electron chi connectivity index (χ1n) is 9.31. The number of benzene rings is 1. The smallest absolute Gasteiger partial charge is 0.254 e. The lowest BCUT2D eigenvalue weighted by Crippen LogP contribution is -2.36. The summed E-state index contributed by atoms with van der Waals surface area (Å²) in [5.41, 5.74) is 2.84. The fourth-order valence-electron chi connectivity index (χ4n) is 3.50. The monoisotopic (exact) mass is 388 g/mol. The number of amides is 1. The van der Waals surface area contributed by atoms with E-state index in [1.807, 2.05) is 24.3 Å². The highest BCUT2D eigenvalue weighted by molar-refractivity contribution is 7.16. The molecular weight excluding hydrogens is 364 g/mol. The van der Waals surface area contributed by atoms with Gasteiger partial charge in [0.1, 0.15) is 5.00 Å². The number of nitrogens with one attached hydrogen (secondary N) is 1. The lowest BCUT2D eigenvalue weighted by molar-refractivity contribution is 0.0928. The van der Waals surface area contributed by atoms with Crippen LogP contribution in [0.25, 0.3) is 0 Å². The molecule has 0 saturated heterocycles. The van der Waals surface area contributed by atoms with Gasteiger partial charge >= 0.3 is 0 Å². The second-order valence-corrected chi connectivity index (χ2v) is 8.43. The SMILES string of the molecule is CCc1c(C)sc(N=Cc2ccc(Cl)cc2)c1C(=O)NC1CCCCC1. The van der Waals surface area contributed by atoms with E-state index in [1.165, 1.54) is 24.1 Å². The topological polar surface area (TPSA) is 41.5 Å². The van der Waals surface area contributed by atoms with Crippen molar-refractivity contribution in [2.45, 2.75) is 58.4 Å². The highest BCUT2D eigenvalue weighted by atomic mass is 35.5. The summed E-state index contributed by atoms with van der Waals surface area (Å²) in [5, 5.41) is 4.74. The Morgan fingerprint density at radius 1 is 1.27 bits per heavy atom. The molecule has 1 heterocycles. The van der Waals surface area contributed by atoms with Gasteiger partial charge in [-0.2, -0.15) is 0 Å². The molecule has 1 fully saturated rings. The predicted molar refractivity (Wildman–Crippen MR) is 111 cm³/mol. The van der Waals surface area contributed by atoms with E-state index in [2.05, 4.69) is 24.2 Å². The van der Waals surface area contributed by atoms with Crippen LogP contribution in [0.5, 0.6) is 0 Å². The molecule has 5 heteroatoms. The molecule has 1 N–H and O–H groups in total. The number of halogens is 1. The average Bonchev–Trinajstić information content (AvgIpc) is 2.97. The average molecular weight is 389 g/mol. The van der Waals surface area contributed by atoms with E-state index in [9.17, 15) is 4.79 Å². The summed E-state index contributed by atoms with van der Waals surface area (Å²) >= 11 is 7.53. The quantitative estimate of drug-likeness (QED) is 0.619. The maximum absolute atomic E-state index is 13.0. The third kappa shape index (κ3) is 4.54. The molecule has 1 amide bonds. The van der Waals surface area contributed by atoms with E-state index < -0.39 is 0 Å². The Labute approximate surface area is 164 Å². The van der Waals surface area contributed by atoms with Crippen molar-refractivity contribution in [2.24, 2.45) is 4.99 Å². The first kappa shape index (κ1) is 19.1. The fourth-order valence-corrected chi connectivity index (χ4v) is 4.71. The Bertz CT molecular complexity index is 789. The fraction of sp³-hybridized carbons (Fsp3) is 0.429. The van der Waals surface area contributed by atoms with Crippen LogP contribution in [0.4, 0.5) is 5.00 Å². The van der Waals surface area contributed by atoms with E-state index in [0.717, 1.165) is 41.0 Å².